The Kier molecular flexibility index (Phi) is 4.48. The van der Waals surface area contributed by atoms with E-state index in [1.165, 1.54) is 5.69 Å². The van der Waals surface area contributed by atoms with Gasteiger partial charge in [-0.25, -0.2) is 0 Å². The topological polar surface area (TPSA) is 40.5 Å². The van der Waals surface area contributed by atoms with E-state index in [2.05, 4.69) is 11.0 Å². The quantitative estimate of drug-likeness (QED) is 0.909. The predicted molar refractivity (Wildman–Crippen MR) is 73.3 cm³/mol. The molecule has 0 aromatic heterocycles. The van der Waals surface area contributed by atoms with Crippen molar-refractivity contribution in [2.45, 2.75) is 25.7 Å². The maximum Gasteiger partial charge on any atom is 0.303 e. The lowest BCUT2D eigenvalue weighted by molar-refractivity contribution is -0.137. The first-order valence-electron chi connectivity index (χ1n) is 6.37. The number of carboxylic acids is 1. The summed E-state index contributed by atoms with van der Waals surface area (Å²) in [7, 11) is 0. The van der Waals surface area contributed by atoms with E-state index in [9.17, 15) is 4.79 Å². The van der Waals surface area contributed by atoms with Gasteiger partial charge in [-0.2, -0.15) is 0 Å². The molecule has 3 nitrogen and oxygen atoms in total. The normalized spacial score (nSPS) is 16.8. The number of hydrogen-bond donors (Lipinski definition) is 1. The molecular formula is C14H18ClNO2. The van der Waals surface area contributed by atoms with Gasteiger partial charge >= 0.3 is 5.97 Å². The fourth-order valence-electron chi connectivity index (χ4n) is 2.48. The van der Waals surface area contributed by atoms with Crippen LogP contribution in [0, 0.1) is 5.92 Å². The lowest BCUT2D eigenvalue weighted by atomic mass is 9.92. The van der Waals surface area contributed by atoms with Gasteiger partial charge in [0.25, 0.3) is 0 Å². The summed E-state index contributed by atoms with van der Waals surface area (Å²) in [6.07, 6.45) is 3.24. The molecule has 1 saturated heterocycles. The van der Waals surface area contributed by atoms with Crippen molar-refractivity contribution >= 4 is 23.3 Å². The van der Waals surface area contributed by atoms with Gasteiger partial charge in [0.05, 0.1) is 0 Å². The molecule has 0 radical (unpaired) electrons. The summed E-state index contributed by atoms with van der Waals surface area (Å²) >= 11 is 5.99. The molecule has 1 aromatic rings. The SMILES string of the molecule is O=C(O)CCC1CCN(c2cccc(Cl)c2)CC1. The Balaban J connectivity index is 1.85. The first-order chi connectivity index (χ1) is 8.65. The van der Waals surface area contributed by atoms with Gasteiger partial charge in [0, 0.05) is 30.2 Å². The molecule has 1 heterocycles. The molecule has 1 fully saturated rings. The number of halogens is 1. The summed E-state index contributed by atoms with van der Waals surface area (Å²) in [6.45, 7) is 1.98. The fourth-order valence-corrected chi connectivity index (χ4v) is 2.66. The molecule has 0 spiro atoms. The van der Waals surface area contributed by atoms with Crippen LogP contribution in [0.5, 0.6) is 0 Å². The largest absolute Gasteiger partial charge is 0.481 e. The Morgan fingerprint density at radius 2 is 2.11 bits per heavy atom. The monoisotopic (exact) mass is 267 g/mol. The molecule has 1 aliphatic rings. The molecule has 4 heteroatoms. The molecule has 1 aromatic carbocycles. The summed E-state index contributed by atoms with van der Waals surface area (Å²) < 4.78 is 0. The molecule has 0 amide bonds. The number of piperidine rings is 1. The molecule has 0 unspecified atom stereocenters. The summed E-state index contributed by atoms with van der Waals surface area (Å²) in [5.74, 6) is -0.135. The summed E-state index contributed by atoms with van der Waals surface area (Å²) in [4.78, 5) is 12.9. The molecule has 2 rings (SSSR count). The third-order valence-corrected chi connectivity index (χ3v) is 3.79. The maximum atomic E-state index is 10.5. The maximum absolute atomic E-state index is 10.5. The highest BCUT2D eigenvalue weighted by Gasteiger charge is 2.20. The Morgan fingerprint density at radius 1 is 1.39 bits per heavy atom. The van der Waals surface area contributed by atoms with E-state index in [0.717, 1.165) is 37.4 Å². The molecule has 0 aliphatic carbocycles. The van der Waals surface area contributed by atoms with Crippen LogP contribution < -0.4 is 4.90 Å². The second-order valence-electron chi connectivity index (χ2n) is 4.84. The van der Waals surface area contributed by atoms with Gasteiger partial charge in [-0.15, -0.1) is 0 Å². The molecular weight excluding hydrogens is 250 g/mol. The van der Waals surface area contributed by atoms with Crippen LogP contribution in [0.1, 0.15) is 25.7 Å². The second kappa shape index (κ2) is 6.10. The Labute approximate surface area is 112 Å². The van der Waals surface area contributed by atoms with Crippen molar-refractivity contribution in [3.63, 3.8) is 0 Å². The van der Waals surface area contributed by atoms with Gasteiger partial charge in [-0.3, -0.25) is 4.79 Å². The minimum Gasteiger partial charge on any atom is -0.481 e. The Hall–Kier alpha value is -1.22. The average Bonchev–Trinajstić information content (AvgIpc) is 2.37. The minimum atomic E-state index is -0.688. The lowest BCUT2D eigenvalue weighted by Gasteiger charge is -2.33. The van der Waals surface area contributed by atoms with Crippen molar-refractivity contribution in [1.82, 2.24) is 0 Å². The number of benzene rings is 1. The zero-order valence-corrected chi connectivity index (χ0v) is 11.1. The summed E-state index contributed by atoms with van der Waals surface area (Å²) in [5.41, 5.74) is 1.17. The van der Waals surface area contributed by atoms with Gasteiger partial charge in [0.15, 0.2) is 0 Å². The molecule has 18 heavy (non-hydrogen) atoms. The van der Waals surface area contributed by atoms with E-state index in [-0.39, 0.29) is 0 Å². The number of carboxylic acid groups (broad SMARTS) is 1. The number of carbonyl (C=O) groups is 1. The molecule has 1 aliphatic heterocycles. The van der Waals surface area contributed by atoms with Crippen molar-refractivity contribution < 1.29 is 9.90 Å². The van der Waals surface area contributed by atoms with Gasteiger partial charge in [-0.1, -0.05) is 17.7 Å². The van der Waals surface area contributed by atoms with E-state index >= 15 is 0 Å². The van der Waals surface area contributed by atoms with E-state index in [0.29, 0.717) is 12.3 Å². The van der Waals surface area contributed by atoms with E-state index in [1.54, 1.807) is 0 Å². The first-order valence-corrected chi connectivity index (χ1v) is 6.75. The highest BCUT2D eigenvalue weighted by Crippen LogP contribution is 2.27. The molecule has 1 N–H and O–H groups in total. The number of nitrogens with zero attached hydrogens (tertiary/aromatic N) is 1. The second-order valence-corrected chi connectivity index (χ2v) is 5.28. The summed E-state index contributed by atoms with van der Waals surface area (Å²) in [6, 6.07) is 7.90. The number of anilines is 1. The van der Waals surface area contributed by atoms with Crippen LogP contribution >= 0.6 is 11.6 Å². The third kappa shape index (κ3) is 3.64. The van der Waals surface area contributed by atoms with Crippen molar-refractivity contribution in [2.75, 3.05) is 18.0 Å². The van der Waals surface area contributed by atoms with Crippen LogP contribution in [0.3, 0.4) is 0 Å². The zero-order valence-electron chi connectivity index (χ0n) is 10.3. The molecule has 0 bridgehead atoms. The third-order valence-electron chi connectivity index (χ3n) is 3.55. The number of rotatable bonds is 4. The highest BCUT2D eigenvalue weighted by atomic mass is 35.5. The summed E-state index contributed by atoms with van der Waals surface area (Å²) in [5, 5.41) is 9.44. The van der Waals surface area contributed by atoms with Gasteiger partial charge < -0.3 is 10.0 Å². The average molecular weight is 268 g/mol. The predicted octanol–water partition coefficient (Wildman–Crippen LogP) is 3.42. The lowest BCUT2D eigenvalue weighted by Crippen LogP contribution is -2.33. The van der Waals surface area contributed by atoms with Crippen LogP contribution in [0.25, 0.3) is 0 Å². The van der Waals surface area contributed by atoms with E-state index in [1.807, 2.05) is 18.2 Å². The Morgan fingerprint density at radius 3 is 2.72 bits per heavy atom. The van der Waals surface area contributed by atoms with Crippen LogP contribution in [-0.4, -0.2) is 24.2 Å². The molecule has 0 atom stereocenters. The highest BCUT2D eigenvalue weighted by molar-refractivity contribution is 6.30. The zero-order chi connectivity index (χ0) is 13.0. The fraction of sp³-hybridized carbons (Fsp3) is 0.500. The van der Waals surface area contributed by atoms with Gasteiger partial charge in [-0.05, 0) is 43.4 Å². The van der Waals surface area contributed by atoms with Crippen LogP contribution in [-0.2, 0) is 4.79 Å². The van der Waals surface area contributed by atoms with Crippen LogP contribution in [0.2, 0.25) is 5.02 Å². The minimum absolute atomic E-state index is 0.293. The van der Waals surface area contributed by atoms with Gasteiger partial charge in [0.2, 0.25) is 0 Å². The van der Waals surface area contributed by atoms with Crippen molar-refractivity contribution in [3.05, 3.63) is 29.3 Å². The van der Waals surface area contributed by atoms with Crippen LogP contribution in [0.15, 0.2) is 24.3 Å². The standard InChI is InChI=1S/C14H18ClNO2/c15-12-2-1-3-13(10-12)16-8-6-11(7-9-16)4-5-14(17)18/h1-3,10-11H,4-9H2,(H,17,18). The van der Waals surface area contributed by atoms with Crippen molar-refractivity contribution in [2.24, 2.45) is 5.92 Å². The molecule has 98 valence electrons. The van der Waals surface area contributed by atoms with E-state index in [4.69, 9.17) is 16.7 Å². The van der Waals surface area contributed by atoms with Gasteiger partial charge in [0.1, 0.15) is 0 Å². The van der Waals surface area contributed by atoms with Crippen molar-refractivity contribution in [1.29, 1.82) is 0 Å². The first kappa shape index (κ1) is 13.2. The van der Waals surface area contributed by atoms with E-state index < -0.39 is 5.97 Å². The molecule has 0 saturated carbocycles. The van der Waals surface area contributed by atoms with Crippen LogP contribution in [0.4, 0.5) is 5.69 Å². The smallest absolute Gasteiger partial charge is 0.303 e. The number of aliphatic carboxylic acids is 1. The number of hydrogen-bond acceptors (Lipinski definition) is 2. The van der Waals surface area contributed by atoms with Crippen molar-refractivity contribution in [3.8, 4) is 0 Å². The Bertz CT molecular complexity index is 414.